The largest absolute Gasteiger partial charge is 0.486 e. The number of aromatic nitrogens is 1. The minimum atomic E-state index is -0.768. The van der Waals surface area contributed by atoms with Crippen LogP contribution in [0, 0.1) is 21.4 Å². The molecule has 0 fully saturated rings. The average molecular weight is 429 g/mol. The van der Waals surface area contributed by atoms with Crippen LogP contribution in [0.25, 0.3) is 6.08 Å². The third-order valence-corrected chi connectivity index (χ3v) is 5.31. The van der Waals surface area contributed by atoms with Gasteiger partial charge in [-0.25, -0.2) is 4.98 Å². The Kier molecular flexibility index (Phi) is 6.48. The van der Waals surface area contributed by atoms with Gasteiger partial charge in [-0.05, 0) is 19.9 Å². The molecule has 1 aliphatic heterocycles. The Morgan fingerprint density at radius 3 is 2.63 bits per heavy atom. The highest BCUT2D eigenvalue weighted by atomic mass is 32.1. The van der Waals surface area contributed by atoms with Crippen molar-refractivity contribution in [2.75, 3.05) is 36.5 Å². The third-order valence-electron chi connectivity index (χ3n) is 4.30. The van der Waals surface area contributed by atoms with Crippen molar-refractivity contribution in [3.05, 3.63) is 38.9 Å². The summed E-state index contributed by atoms with van der Waals surface area (Å²) in [5.74, 6) is -0.249. The maximum Gasteiger partial charge on any atom is 0.296 e. The Balaban J connectivity index is 1.86. The molecule has 2 aromatic rings. The highest BCUT2D eigenvalue weighted by Crippen LogP contribution is 2.39. The zero-order chi connectivity index (χ0) is 21.7. The van der Waals surface area contributed by atoms with Crippen LogP contribution in [0.4, 0.5) is 16.5 Å². The van der Waals surface area contributed by atoms with Gasteiger partial charge >= 0.3 is 0 Å². The molecular weight excluding hydrogens is 410 g/mol. The van der Waals surface area contributed by atoms with Crippen LogP contribution in [-0.2, 0) is 4.79 Å². The lowest BCUT2D eigenvalue weighted by atomic mass is 10.2. The van der Waals surface area contributed by atoms with Gasteiger partial charge in [0.1, 0.15) is 30.5 Å². The molecule has 0 saturated heterocycles. The molecule has 11 heteroatoms. The van der Waals surface area contributed by atoms with E-state index in [4.69, 9.17) is 9.47 Å². The summed E-state index contributed by atoms with van der Waals surface area (Å²) in [4.78, 5) is 30.4. The van der Waals surface area contributed by atoms with E-state index in [1.54, 1.807) is 6.20 Å². The van der Waals surface area contributed by atoms with Gasteiger partial charge in [0.05, 0.1) is 15.9 Å². The summed E-state index contributed by atoms with van der Waals surface area (Å²) < 4.78 is 10.8. The van der Waals surface area contributed by atoms with E-state index in [1.807, 2.05) is 24.8 Å². The first-order valence-electron chi connectivity index (χ1n) is 9.18. The minimum Gasteiger partial charge on any atom is -0.486 e. The maximum atomic E-state index is 12.6. The molecule has 0 aliphatic carbocycles. The maximum absolute atomic E-state index is 12.6. The molecule has 0 saturated carbocycles. The first kappa shape index (κ1) is 21.1. The van der Waals surface area contributed by atoms with Crippen LogP contribution in [0.5, 0.6) is 11.5 Å². The van der Waals surface area contributed by atoms with Crippen LogP contribution < -0.4 is 19.7 Å². The standard InChI is InChI=1S/C19H19N5O5S/c1-3-23(4-2)19-21-11-13(30-19)7-12(10-20)18(25)22-14-8-16-17(29-6-5-28-16)9-15(14)24(26)27/h7-9,11H,3-6H2,1-2H3,(H,22,25)/b12-7-. The van der Waals surface area contributed by atoms with Gasteiger partial charge in [-0.1, -0.05) is 11.3 Å². The number of rotatable bonds is 7. The number of benzene rings is 1. The van der Waals surface area contributed by atoms with Gasteiger partial charge in [0.2, 0.25) is 0 Å². The Bertz CT molecular complexity index is 1040. The highest BCUT2D eigenvalue weighted by Gasteiger charge is 2.24. The predicted molar refractivity (Wildman–Crippen MR) is 112 cm³/mol. The van der Waals surface area contributed by atoms with Crippen molar-refractivity contribution in [3.8, 4) is 17.6 Å². The fourth-order valence-electron chi connectivity index (χ4n) is 2.79. The second kappa shape index (κ2) is 9.23. The second-order valence-electron chi connectivity index (χ2n) is 6.11. The number of anilines is 2. The SMILES string of the molecule is CCN(CC)c1ncc(/C=C(/C#N)C(=O)Nc2cc3c(cc2[N+](=O)[O-])OCCO3)s1. The Morgan fingerprint density at radius 2 is 2.03 bits per heavy atom. The quantitative estimate of drug-likeness (QED) is 0.307. The number of carbonyl (C=O) groups is 1. The van der Waals surface area contributed by atoms with Gasteiger partial charge in [-0.3, -0.25) is 14.9 Å². The Hall–Kier alpha value is -3.65. The van der Waals surface area contributed by atoms with Crippen molar-refractivity contribution in [2.24, 2.45) is 0 Å². The number of nitrogens with zero attached hydrogens (tertiary/aromatic N) is 4. The van der Waals surface area contributed by atoms with E-state index in [9.17, 15) is 20.2 Å². The van der Waals surface area contributed by atoms with Crippen LogP contribution in [0.15, 0.2) is 23.9 Å². The van der Waals surface area contributed by atoms with Crippen LogP contribution in [0.2, 0.25) is 0 Å². The number of ether oxygens (including phenoxy) is 2. The fraction of sp³-hybridized carbons (Fsp3) is 0.316. The number of hydrogen-bond donors (Lipinski definition) is 1. The number of nitrogens with one attached hydrogen (secondary N) is 1. The number of nitro groups is 1. The summed E-state index contributed by atoms with van der Waals surface area (Å²) in [6.07, 6.45) is 2.99. The summed E-state index contributed by atoms with van der Waals surface area (Å²) in [6.45, 7) is 6.16. The number of amides is 1. The summed E-state index contributed by atoms with van der Waals surface area (Å²) in [5, 5.41) is 24.1. The molecule has 1 aliphatic rings. The zero-order valence-electron chi connectivity index (χ0n) is 16.4. The summed E-state index contributed by atoms with van der Waals surface area (Å²) in [5.41, 5.74) is -0.635. The Labute approximate surface area is 176 Å². The summed E-state index contributed by atoms with van der Waals surface area (Å²) in [6, 6.07) is 4.35. The molecule has 2 heterocycles. The van der Waals surface area contributed by atoms with E-state index in [1.165, 1.54) is 29.5 Å². The van der Waals surface area contributed by atoms with E-state index in [-0.39, 0.29) is 35.1 Å². The van der Waals surface area contributed by atoms with Crippen LogP contribution in [0.1, 0.15) is 18.7 Å². The van der Waals surface area contributed by atoms with Gasteiger partial charge in [-0.2, -0.15) is 5.26 Å². The van der Waals surface area contributed by atoms with Gasteiger partial charge in [0.15, 0.2) is 16.6 Å². The van der Waals surface area contributed by atoms with Crippen molar-refractivity contribution >= 4 is 39.8 Å². The van der Waals surface area contributed by atoms with Gasteiger partial charge in [-0.15, -0.1) is 0 Å². The molecule has 0 bridgehead atoms. The van der Waals surface area contributed by atoms with Crippen molar-refractivity contribution in [1.29, 1.82) is 5.26 Å². The molecular formula is C19H19N5O5S. The number of thiazole rings is 1. The second-order valence-corrected chi connectivity index (χ2v) is 7.15. The number of nitriles is 1. The highest BCUT2D eigenvalue weighted by molar-refractivity contribution is 7.16. The van der Waals surface area contributed by atoms with Crippen molar-refractivity contribution in [3.63, 3.8) is 0 Å². The van der Waals surface area contributed by atoms with Crippen molar-refractivity contribution in [2.45, 2.75) is 13.8 Å². The molecule has 30 heavy (non-hydrogen) atoms. The van der Waals surface area contributed by atoms with Crippen LogP contribution in [-0.4, -0.2) is 42.1 Å². The van der Waals surface area contributed by atoms with Crippen LogP contribution >= 0.6 is 11.3 Å². The molecule has 1 N–H and O–H groups in total. The molecule has 156 valence electrons. The predicted octanol–water partition coefficient (Wildman–Crippen LogP) is 3.21. The van der Waals surface area contributed by atoms with Gasteiger partial charge in [0.25, 0.3) is 11.6 Å². The van der Waals surface area contributed by atoms with E-state index in [2.05, 4.69) is 10.3 Å². The number of hydrogen-bond acceptors (Lipinski definition) is 9. The van der Waals surface area contributed by atoms with E-state index in [0.717, 1.165) is 18.2 Å². The smallest absolute Gasteiger partial charge is 0.296 e. The van der Waals surface area contributed by atoms with Crippen LogP contribution in [0.3, 0.4) is 0 Å². The Morgan fingerprint density at radius 1 is 1.37 bits per heavy atom. The number of carbonyl (C=O) groups excluding carboxylic acids is 1. The topological polar surface area (TPSA) is 131 Å². The van der Waals surface area contributed by atoms with E-state index < -0.39 is 10.8 Å². The molecule has 10 nitrogen and oxygen atoms in total. The summed E-state index contributed by atoms with van der Waals surface area (Å²) >= 11 is 1.35. The first-order chi connectivity index (χ1) is 14.5. The van der Waals surface area contributed by atoms with Gasteiger partial charge in [0, 0.05) is 25.4 Å². The molecule has 1 amide bonds. The van der Waals surface area contributed by atoms with Crippen molar-refractivity contribution < 1.29 is 19.2 Å². The zero-order valence-corrected chi connectivity index (χ0v) is 17.2. The first-order valence-corrected chi connectivity index (χ1v) is 10.00. The number of fused-ring (bicyclic) bond motifs is 1. The molecule has 0 radical (unpaired) electrons. The monoisotopic (exact) mass is 429 g/mol. The number of nitro benzene ring substituents is 1. The third kappa shape index (κ3) is 4.49. The molecule has 0 atom stereocenters. The lowest BCUT2D eigenvalue weighted by molar-refractivity contribution is -0.384. The normalized spacial score (nSPS) is 12.8. The molecule has 3 rings (SSSR count). The summed E-state index contributed by atoms with van der Waals surface area (Å²) in [7, 11) is 0. The lowest BCUT2D eigenvalue weighted by Crippen LogP contribution is -2.21. The van der Waals surface area contributed by atoms with Crippen molar-refractivity contribution in [1.82, 2.24) is 4.98 Å². The van der Waals surface area contributed by atoms with E-state index in [0.29, 0.717) is 11.5 Å². The van der Waals surface area contributed by atoms with E-state index >= 15 is 0 Å². The molecule has 0 spiro atoms. The fourth-order valence-corrected chi connectivity index (χ4v) is 3.78. The lowest BCUT2D eigenvalue weighted by Gasteiger charge is -2.19. The molecule has 1 aromatic carbocycles. The average Bonchev–Trinajstić information content (AvgIpc) is 3.20. The minimum absolute atomic E-state index is 0.0801. The molecule has 0 unspecified atom stereocenters. The van der Waals surface area contributed by atoms with Gasteiger partial charge < -0.3 is 19.7 Å². The molecule has 1 aromatic heterocycles.